The number of furan rings is 1. The van der Waals surface area contributed by atoms with Gasteiger partial charge in [0.1, 0.15) is 12.4 Å². The number of aryl methyl sites for hydroxylation is 1. The second-order valence-corrected chi connectivity index (χ2v) is 4.20. The van der Waals surface area contributed by atoms with E-state index in [0.717, 1.165) is 11.5 Å². The predicted molar refractivity (Wildman–Crippen MR) is 67.1 cm³/mol. The fraction of sp³-hybridized carbons (Fsp3) is 0.500. The molecule has 0 spiro atoms. The van der Waals surface area contributed by atoms with Gasteiger partial charge in [0.05, 0.1) is 30.9 Å². The fourth-order valence-electron chi connectivity index (χ4n) is 1.58. The minimum atomic E-state index is -0.563. The van der Waals surface area contributed by atoms with Gasteiger partial charge >= 0.3 is 0 Å². The summed E-state index contributed by atoms with van der Waals surface area (Å²) in [5.74, 6) is 0.750. The van der Waals surface area contributed by atoms with Crippen molar-refractivity contribution in [3.8, 4) is 0 Å². The van der Waals surface area contributed by atoms with Crippen LogP contribution in [0.2, 0.25) is 0 Å². The summed E-state index contributed by atoms with van der Waals surface area (Å²) in [5, 5.41) is 20.9. The van der Waals surface area contributed by atoms with Crippen LogP contribution in [-0.2, 0) is 24.9 Å². The number of hydrogen-bond acceptors (Lipinski definition) is 6. The molecule has 0 aliphatic rings. The molecular weight excluding hydrogens is 248 g/mol. The number of ether oxygens (including phenoxy) is 1. The van der Waals surface area contributed by atoms with E-state index >= 15 is 0 Å². The van der Waals surface area contributed by atoms with E-state index < -0.39 is 6.10 Å². The van der Waals surface area contributed by atoms with Crippen LogP contribution in [0.1, 0.15) is 11.5 Å². The van der Waals surface area contributed by atoms with Gasteiger partial charge in [0.2, 0.25) is 0 Å². The smallest absolute Gasteiger partial charge is 0.129 e. The van der Waals surface area contributed by atoms with Crippen molar-refractivity contribution in [1.82, 2.24) is 20.3 Å². The highest BCUT2D eigenvalue weighted by atomic mass is 16.5. The van der Waals surface area contributed by atoms with Gasteiger partial charge in [0, 0.05) is 20.1 Å². The SMILES string of the molecule is Cn1ncc(CNCC(O)COCc2ccco2)n1. The second-order valence-electron chi connectivity index (χ2n) is 4.20. The first-order valence-corrected chi connectivity index (χ1v) is 6.08. The maximum atomic E-state index is 9.70. The zero-order valence-corrected chi connectivity index (χ0v) is 10.8. The van der Waals surface area contributed by atoms with Crippen LogP contribution in [0.3, 0.4) is 0 Å². The third kappa shape index (κ3) is 4.82. The molecule has 7 heteroatoms. The first-order chi connectivity index (χ1) is 9.24. The number of aliphatic hydroxyl groups excluding tert-OH is 1. The van der Waals surface area contributed by atoms with E-state index in [-0.39, 0.29) is 6.61 Å². The van der Waals surface area contributed by atoms with Crippen LogP contribution in [0.5, 0.6) is 0 Å². The van der Waals surface area contributed by atoms with Crippen LogP contribution >= 0.6 is 0 Å². The number of aromatic nitrogens is 3. The Labute approximate surface area is 111 Å². The zero-order valence-electron chi connectivity index (χ0n) is 10.8. The van der Waals surface area contributed by atoms with Gasteiger partial charge in [-0.25, -0.2) is 0 Å². The summed E-state index contributed by atoms with van der Waals surface area (Å²) in [6.07, 6.45) is 2.72. The summed E-state index contributed by atoms with van der Waals surface area (Å²) in [6.45, 7) is 1.64. The van der Waals surface area contributed by atoms with Gasteiger partial charge in [0.25, 0.3) is 0 Å². The molecule has 0 aromatic carbocycles. The lowest BCUT2D eigenvalue weighted by atomic mass is 10.3. The van der Waals surface area contributed by atoms with E-state index in [9.17, 15) is 5.11 Å². The quantitative estimate of drug-likeness (QED) is 0.703. The van der Waals surface area contributed by atoms with Crippen LogP contribution in [0.4, 0.5) is 0 Å². The minimum Gasteiger partial charge on any atom is -0.467 e. The van der Waals surface area contributed by atoms with Crippen molar-refractivity contribution in [3.05, 3.63) is 36.0 Å². The average Bonchev–Trinajstić information content (AvgIpc) is 3.01. The standard InChI is InChI=1S/C12H18N4O3/c1-16-14-6-10(15-16)5-13-7-11(17)8-18-9-12-3-2-4-19-12/h2-4,6,11,13,17H,5,7-9H2,1H3. The normalized spacial score (nSPS) is 12.7. The fourth-order valence-corrected chi connectivity index (χ4v) is 1.58. The summed E-state index contributed by atoms with van der Waals surface area (Å²) in [6, 6.07) is 3.64. The first-order valence-electron chi connectivity index (χ1n) is 6.08. The predicted octanol–water partition coefficient (Wildman–Crippen LogP) is 0.0754. The molecule has 0 aliphatic heterocycles. The third-order valence-corrected chi connectivity index (χ3v) is 2.47. The van der Waals surface area contributed by atoms with Gasteiger partial charge in [-0.05, 0) is 12.1 Å². The van der Waals surface area contributed by atoms with Crippen molar-refractivity contribution in [2.24, 2.45) is 7.05 Å². The average molecular weight is 266 g/mol. The van der Waals surface area contributed by atoms with Crippen molar-refractivity contribution < 1.29 is 14.3 Å². The Morgan fingerprint density at radius 3 is 3.16 bits per heavy atom. The Kier molecular flexibility index (Phi) is 5.08. The Morgan fingerprint density at radius 2 is 2.47 bits per heavy atom. The molecule has 1 unspecified atom stereocenters. The van der Waals surface area contributed by atoms with E-state index in [1.165, 1.54) is 4.80 Å². The van der Waals surface area contributed by atoms with Crippen LogP contribution in [0.15, 0.2) is 29.0 Å². The second kappa shape index (κ2) is 7.03. The molecule has 1 atom stereocenters. The molecule has 7 nitrogen and oxygen atoms in total. The Hall–Kier alpha value is -1.70. The maximum absolute atomic E-state index is 9.70. The Balaban J connectivity index is 1.55. The molecule has 104 valence electrons. The molecular formula is C12H18N4O3. The lowest BCUT2D eigenvalue weighted by Crippen LogP contribution is -2.30. The highest BCUT2D eigenvalue weighted by Gasteiger charge is 2.05. The van der Waals surface area contributed by atoms with E-state index in [2.05, 4.69) is 15.5 Å². The third-order valence-electron chi connectivity index (χ3n) is 2.47. The zero-order chi connectivity index (χ0) is 13.5. The summed E-state index contributed by atoms with van der Waals surface area (Å²) in [4.78, 5) is 1.50. The van der Waals surface area contributed by atoms with Gasteiger partial charge in [-0.2, -0.15) is 15.0 Å². The summed E-state index contributed by atoms with van der Waals surface area (Å²) in [5.41, 5.74) is 0.839. The molecule has 0 bridgehead atoms. The molecule has 2 aromatic rings. The number of nitrogens with zero attached hydrogens (tertiary/aromatic N) is 3. The van der Waals surface area contributed by atoms with E-state index in [0.29, 0.717) is 19.7 Å². The minimum absolute atomic E-state index is 0.258. The molecule has 0 aliphatic carbocycles. The molecule has 19 heavy (non-hydrogen) atoms. The highest BCUT2D eigenvalue weighted by Crippen LogP contribution is 2.01. The van der Waals surface area contributed by atoms with E-state index in [1.807, 2.05) is 6.07 Å². The summed E-state index contributed by atoms with van der Waals surface area (Å²) in [7, 11) is 1.76. The summed E-state index contributed by atoms with van der Waals surface area (Å²) < 4.78 is 10.4. The molecule has 0 radical (unpaired) electrons. The highest BCUT2D eigenvalue weighted by molar-refractivity contribution is 4.96. The lowest BCUT2D eigenvalue weighted by molar-refractivity contribution is 0.0225. The molecule has 0 amide bonds. The van der Waals surface area contributed by atoms with E-state index in [4.69, 9.17) is 9.15 Å². The van der Waals surface area contributed by atoms with Crippen molar-refractivity contribution in [1.29, 1.82) is 0 Å². The maximum Gasteiger partial charge on any atom is 0.129 e. The molecule has 2 rings (SSSR count). The topological polar surface area (TPSA) is 85.3 Å². The van der Waals surface area contributed by atoms with Gasteiger partial charge in [-0.3, -0.25) is 0 Å². The van der Waals surface area contributed by atoms with Gasteiger partial charge in [0.15, 0.2) is 0 Å². The Morgan fingerprint density at radius 1 is 1.58 bits per heavy atom. The van der Waals surface area contributed by atoms with Gasteiger partial charge < -0.3 is 19.6 Å². The monoisotopic (exact) mass is 266 g/mol. The van der Waals surface area contributed by atoms with Crippen LogP contribution in [-0.4, -0.2) is 39.4 Å². The van der Waals surface area contributed by atoms with Crippen molar-refractivity contribution in [2.45, 2.75) is 19.3 Å². The van der Waals surface area contributed by atoms with Crippen molar-refractivity contribution >= 4 is 0 Å². The molecule has 2 heterocycles. The van der Waals surface area contributed by atoms with Crippen molar-refractivity contribution in [3.63, 3.8) is 0 Å². The summed E-state index contributed by atoms with van der Waals surface area (Å²) >= 11 is 0. The molecule has 0 fully saturated rings. The molecule has 2 N–H and O–H groups in total. The first kappa shape index (κ1) is 13.7. The van der Waals surface area contributed by atoms with Gasteiger partial charge in [-0.1, -0.05) is 0 Å². The largest absolute Gasteiger partial charge is 0.467 e. The molecule has 2 aromatic heterocycles. The number of hydrogen-bond donors (Lipinski definition) is 2. The molecule has 0 saturated heterocycles. The van der Waals surface area contributed by atoms with Crippen LogP contribution in [0, 0.1) is 0 Å². The van der Waals surface area contributed by atoms with Crippen molar-refractivity contribution in [2.75, 3.05) is 13.2 Å². The molecule has 0 saturated carbocycles. The number of aliphatic hydroxyl groups is 1. The van der Waals surface area contributed by atoms with Crippen LogP contribution < -0.4 is 5.32 Å². The Bertz CT molecular complexity index is 469. The number of nitrogens with one attached hydrogen (secondary N) is 1. The van der Waals surface area contributed by atoms with Crippen LogP contribution in [0.25, 0.3) is 0 Å². The van der Waals surface area contributed by atoms with E-state index in [1.54, 1.807) is 25.6 Å². The number of rotatable bonds is 8. The lowest BCUT2D eigenvalue weighted by Gasteiger charge is -2.11. The van der Waals surface area contributed by atoms with Gasteiger partial charge in [-0.15, -0.1) is 0 Å².